The van der Waals surface area contributed by atoms with E-state index in [4.69, 9.17) is 14.2 Å². The molecule has 0 radical (unpaired) electrons. The Bertz CT molecular complexity index is 1350. The lowest BCUT2D eigenvalue weighted by Crippen LogP contribution is -2.41. The van der Waals surface area contributed by atoms with Crippen LogP contribution in [0.5, 0.6) is 11.5 Å². The number of ether oxygens (including phenoxy) is 3. The number of amides is 1. The lowest BCUT2D eigenvalue weighted by molar-refractivity contribution is -0.118. The lowest BCUT2D eigenvalue weighted by Gasteiger charge is -2.39. The van der Waals surface area contributed by atoms with E-state index in [-0.39, 0.29) is 17.3 Å². The molecule has 5 rings (SSSR count). The van der Waals surface area contributed by atoms with Gasteiger partial charge in [-0.05, 0) is 99.6 Å². The topological polar surface area (TPSA) is 68.3 Å². The number of benzene rings is 3. The van der Waals surface area contributed by atoms with Crippen LogP contribution in [0.1, 0.15) is 54.6 Å². The summed E-state index contributed by atoms with van der Waals surface area (Å²) < 4.78 is 17.1. The van der Waals surface area contributed by atoms with Crippen molar-refractivity contribution in [2.24, 2.45) is 5.41 Å². The Hall–Kier alpha value is -3.84. The zero-order valence-corrected chi connectivity index (χ0v) is 24.6. The van der Waals surface area contributed by atoms with Gasteiger partial charge in [-0.1, -0.05) is 29.8 Å². The number of likely N-dealkylation sites (tertiary alicyclic amines) is 1. The van der Waals surface area contributed by atoms with Crippen LogP contribution in [0.2, 0.25) is 0 Å². The van der Waals surface area contributed by atoms with Crippen molar-refractivity contribution in [2.75, 3.05) is 44.9 Å². The van der Waals surface area contributed by atoms with Crippen LogP contribution >= 0.6 is 0 Å². The van der Waals surface area contributed by atoms with Gasteiger partial charge in [-0.25, -0.2) is 4.79 Å². The van der Waals surface area contributed by atoms with E-state index in [0.717, 1.165) is 60.8 Å². The number of piperidine rings is 1. The smallest absolute Gasteiger partial charge is 0.337 e. The molecule has 0 N–H and O–H groups in total. The minimum Gasteiger partial charge on any atom is -0.493 e. The summed E-state index contributed by atoms with van der Waals surface area (Å²) >= 11 is 0. The Labute approximate surface area is 243 Å². The molecule has 3 aromatic carbocycles. The van der Waals surface area contributed by atoms with Crippen molar-refractivity contribution < 1.29 is 23.8 Å². The molecule has 0 aliphatic carbocycles. The number of aryl methyl sites for hydroxylation is 1. The number of nitrogens with zero attached hydrogens (tertiary/aromatic N) is 2. The van der Waals surface area contributed by atoms with Gasteiger partial charge in [-0.3, -0.25) is 9.69 Å². The number of methoxy groups -OCH3 is 1. The van der Waals surface area contributed by atoms with Crippen LogP contribution < -0.4 is 14.4 Å². The monoisotopic (exact) mass is 556 g/mol. The highest BCUT2D eigenvalue weighted by Gasteiger charge is 2.45. The molecule has 0 bridgehead atoms. The Morgan fingerprint density at radius 1 is 0.902 bits per heavy atom. The van der Waals surface area contributed by atoms with E-state index in [1.165, 1.54) is 18.2 Å². The van der Waals surface area contributed by atoms with Crippen LogP contribution in [-0.4, -0.2) is 56.7 Å². The van der Waals surface area contributed by atoms with Crippen LogP contribution in [0.3, 0.4) is 0 Å². The van der Waals surface area contributed by atoms with E-state index in [1.807, 2.05) is 30.9 Å². The third kappa shape index (κ3) is 6.25. The molecule has 2 aliphatic heterocycles. The summed E-state index contributed by atoms with van der Waals surface area (Å²) in [6.45, 7) is 10.6. The Morgan fingerprint density at radius 3 is 2.07 bits per heavy atom. The summed E-state index contributed by atoms with van der Waals surface area (Å²) in [5.74, 6) is 1.47. The van der Waals surface area contributed by atoms with Gasteiger partial charge in [-0.15, -0.1) is 0 Å². The van der Waals surface area contributed by atoms with E-state index >= 15 is 0 Å². The van der Waals surface area contributed by atoms with Crippen molar-refractivity contribution in [2.45, 2.75) is 46.6 Å². The van der Waals surface area contributed by atoms with E-state index in [1.54, 1.807) is 12.1 Å². The molecule has 2 heterocycles. The highest BCUT2D eigenvalue weighted by molar-refractivity contribution is 5.97. The summed E-state index contributed by atoms with van der Waals surface area (Å²) in [6, 6.07) is 19.9. The van der Waals surface area contributed by atoms with E-state index in [9.17, 15) is 9.59 Å². The first kappa shape index (κ1) is 28.7. The Kier molecular flexibility index (Phi) is 8.64. The van der Waals surface area contributed by atoms with Crippen molar-refractivity contribution in [1.82, 2.24) is 4.90 Å². The number of anilines is 1. The number of hydrogen-bond acceptors (Lipinski definition) is 6. The number of hydrogen-bond donors (Lipinski definition) is 0. The third-order valence-corrected chi connectivity index (χ3v) is 8.31. The molecule has 0 unspecified atom stereocenters. The molecule has 7 heteroatoms. The lowest BCUT2D eigenvalue weighted by atomic mass is 9.77. The van der Waals surface area contributed by atoms with Crippen LogP contribution in [-0.2, 0) is 16.1 Å². The van der Waals surface area contributed by atoms with Gasteiger partial charge in [0.15, 0.2) is 0 Å². The second-order valence-corrected chi connectivity index (χ2v) is 11.2. The maximum atomic E-state index is 13.1. The second kappa shape index (κ2) is 12.4. The van der Waals surface area contributed by atoms with Crippen LogP contribution in [0.25, 0.3) is 11.1 Å². The maximum Gasteiger partial charge on any atom is 0.337 e. The quantitative estimate of drug-likeness (QED) is 0.290. The van der Waals surface area contributed by atoms with Gasteiger partial charge in [0.25, 0.3) is 0 Å². The summed E-state index contributed by atoms with van der Waals surface area (Å²) in [5, 5.41) is 0. The van der Waals surface area contributed by atoms with Crippen molar-refractivity contribution in [3.05, 3.63) is 77.4 Å². The fourth-order valence-electron chi connectivity index (χ4n) is 6.08. The van der Waals surface area contributed by atoms with Crippen LogP contribution in [0.4, 0.5) is 5.69 Å². The molecule has 2 saturated heterocycles. The normalized spacial score (nSPS) is 16.7. The fourth-order valence-corrected chi connectivity index (χ4v) is 6.08. The van der Waals surface area contributed by atoms with Gasteiger partial charge in [0, 0.05) is 25.2 Å². The molecule has 41 heavy (non-hydrogen) atoms. The van der Waals surface area contributed by atoms with E-state index < -0.39 is 0 Å². The predicted molar refractivity (Wildman–Crippen MR) is 161 cm³/mol. The SMILES string of the molecule is CCOc1cc(CN2CCC3(CC2)CC(=O)N(c2ccc(C(=O)OC)cc2)C3)cc(OCC)c1-c1ccc(C)cc1. The second-order valence-electron chi connectivity index (χ2n) is 11.2. The number of carbonyl (C=O) groups is 2. The predicted octanol–water partition coefficient (Wildman–Crippen LogP) is 6.27. The molecule has 7 nitrogen and oxygen atoms in total. The molecule has 0 saturated carbocycles. The van der Waals surface area contributed by atoms with Gasteiger partial charge in [-0.2, -0.15) is 0 Å². The first-order chi connectivity index (χ1) is 19.8. The largest absolute Gasteiger partial charge is 0.493 e. The molecule has 1 amide bonds. The van der Waals surface area contributed by atoms with Gasteiger partial charge in [0.05, 0.1) is 31.5 Å². The molecule has 0 atom stereocenters. The number of rotatable bonds is 9. The van der Waals surface area contributed by atoms with Crippen molar-refractivity contribution in [3.8, 4) is 22.6 Å². The standard InChI is InChI=1S/C34H40N2O5/c1-5-40-29-19-25(20-30(41-6-2)32(29)26-9-7-24(3)8-10-26)22-35-17-15-34(16-18-35)21-31(37)36(23-34)28-13-11-27(12-14-28)33(38)39-4/h7-14,19-20H,5-6,15-18,21-23H2,1-4H3. The summed E-state index contributed by atoms with van der Waals surface area (Å²) in [6.07, 6.45) is 2.49. The zero-order chi connectivity index (χ0) is 29.0. The molecular weight excluding hydrogens is 516 g/mol. The molecule has 1 spiro atoms. The van der Waals surface area contributed by atoms with Gasteiger partial charge >= 0.3 is 5.97 Å². The molecular formula is C34H40N2O5. The summed E-state index contributed by atoms with van der Waals surface area (Å²) in [7, 11) is 1.37. The van der Waals surface area contributed by atoms with Gasteiger partial charge < -0.3 is 19.1 Å². The van der Waals surface area contributed by atoms with Crippen molar-refractivity contribution in [3.63, 3.8) is 0 Å². The summed E-state index contributed by atoms with van der Waals surface area (Å²) in [5.41, 5.74) is 5.77. The molecule has 0 aromatic heterocycles. The van der Waals surface area contributed by atoms with E-state index in [0.29, 0.717) is 31.7 Å². The van der Waals surface area contributed by atoms with Crippen molar-refractivity contribution in [1.29, 1.82) is 0 Å². The summed E-state index contributed by atoms with van der Waals surface area (Å²) in [4.78, 5) is 29.2. The van der Waals surface area contributed by atoms with Gasteiger partial charge in [0.1, 0.15) is 11.5 Å². The van der Waals surface area contributed by atoms with E-state index in [2.05, 4.69) is 48.2 Å². The highest BCUT2D eigenvalue weighted by Crippen LogP contribution is 2.44. The third-order valence-electron chi connectivity index (χ3n) is 8.31. The Balaban J connectivity index is 1.28. The minimum atomic E-state index is -0.375. The van der Waals surface area contributed by atoms with Crippen molar-refractivity contribution >= 4 is 17.6 Å². The Morgan fingerprint density at radius 2 is 1.51 bits per heavy atom. The maximum absolute atomic E-state index is 13.1. The number of esters is 1. The van der Waals surface area contributed by atoms with Crippen LogP contribution in [0.15, 0.2) is 60.7 Å². The average Bonchev–Trinajstić information content (AvgIpc) is 3.30. The minimum absolute atomic E-state index is 0.0170. The van der Waals surface area contributed by atoms with Crippen LogP contribution in [0, 0.1) is 12.3 Å². The fraction of sp³-hybridized carbons (Fsp3) is 0.412. The first-order valence-electron chi connectivity index (χ1n) is 14.6. The molecule has 3 aromatic rings. The molecule has 2 fully saturated rings. The van der Waals surface area contributed by atoms with Gasteiger partial charge in [0.2, 0.25) is 5.91 Å². The zero-order valence-electron chi connectivity index (χ0n) is 24.6. The molecule has 216 valence electrons. The average molecular weight is 557 g/mol. The number of carbonyl (C=O) groups excluding carboxylic acids is 2. The molecule has 2 aliphatic rings. The first-order valence-corrected chi connectivity index (χ1v) is 14.6. The highest BCUT2D eigenvalue weighted by atomic mass is 16.5.